The fourth-order valence-electron chi connectivity index (χ4n) is 3.07. The van der Waals surface area contributed by atoms with E-state index in [2.05, 4.69) is 22.6 Å². The number of amides is 1. The minimum Gasteiger partial charge on any atom is -0.486 e. The number of aliphatic hydroxyl groups excluding tert-OH is 2. The highest BCUT2D eigenvalue weighted by molar-refractivity contribution is 14.1. The van der Waals surface area contributed by atoms with E-state index >= 15 is 0 Å². The number of carbonyl (C=O) groups is 2. The van der Waals surface area contributed by atoms with E-state index in [1.807, 2.05) is 20.8 Å². The van der Waals surface area contributed by atoms with Crippen molar-refractivity contribution in [1.82, 2.24) is 4.90 Å². The summed E-state index contributed by atoms with van der Waals surface area (Å²) in [5, 5.41) is 20.3. The Labute approximate surface area is 190 Å². The average molecular weight is 535 g/mol. The number of hydrogen-bond donors (Lipinski definition) is 2. The first-order valence-corrected chi connectivity index (χ1v) is 10.9. The second-order valence-corrected chi connectivity index (χ2v) is 9.59. The molecular weight excluding hydrogens is 505 g/mol. The molecular formula is C21H30INO7. The minimum atomic E-state index is -1.05. The van der Waals surface area contributed by atoms with Gasteiger partial charge in [-0.3, -0.25) is 4.79 Å². The molecule has 1 heterocycles. The Bertz CT molecular complexity index is 758. The molecule has 2 rings (SSSR count). The van der Waals surface area contributed by atoms with Gasteiger partial charge in [-0.15, -0.1) is 0 Å². The molecule has 1 amide bonds. The van der Waals surface area contributed by atoms with E-state index in [0.717, 1.165) is 3.57 Å². The summed E-state index contributed by atoms with van der Waals surface area (Å²) in [6.45, 7) is 7.67. The molecule has 0 aromatic heterocycles. The van der Waals surface area contributed by atoms with Crippen LogP contribution < -0.4 is 4.74 Å². The number of methoxy groups -OCH3 is 1. The van der Waals surface area contributed by atoms with Gasteiger partial charge in [0.2, 0.25) is 0 Å². The number of benzene rings is 1. The molecule has 0 aliphatic carbocycles. The second-order valence-electron chi connectivity index (χ2n) is 8.43. The van der Waals surface area contributed by atoms with Crippen molar-refractivity contribution < 1.29 is 34.0 Å². The maximum absolute atomic E-state index is 12.1. The van der Waals surface area contributed by atoms with Crippen LogP contribution in [0.3, 0.4) is 0 Å². The van der Waals surface area contributed by atoms with Gasteiger partial charge < -0.3 is 29.3 Å². The summed E-state index contributed by atoms with van der Waals surface area (Å²) in [4.78, 5) is 25.4. The van der Waals surface area contributed by atoms with Gasteiger partial charge >= 0.3 is 12.1 Å². The molecule has 0 saturated carbocycles. The van der Waals surface area contributed by atoms with E-state index in [4.69, 9.17) is 14.2 Å². The number of rotatable bonds is 7. The number of aliphatic hydroxyl groups is 2. The van der Waals surface area contributed by atoms with Gasteiger partial charge in [-0.05, 0) is 68.0 Å². The summed E-state index contributed by atoms with van der Waals surface area (Å²) in [6, 6.07) is 5.17. The van der Waals surface area contributed by atoms with Crippen molar-refractivity contribution in [2.75, 3.05) is 26.8 Å². The number of carbonyl (C=O) groups excluding carboxylic acids is 2. The summed E-state index contributed by atoms with van der Waals surface area (Å²) < 4.78 is 16.9. The first kappa shape index (κ1) is 24.7. The van der Waals surface area contributed by atoms with E-state index in [1.54, 1.807) is 30.0 Å². The normalized spacial score (nSPS) is 17.5. The second kappa shape index (κ2) is 10.1. The Morgan fingerprint density at radius 2 is 1.93 bits per heavy atom. The fourth-order valence-corrected chi connectivity index (χ4v) is 3.53. The smallest absolute Gasteiger partial charge is 0.410 e. The first-order valence-electron chi connectivity index (χ1n) is 9.77. The standard InChI is InChI=1S/C21H30INO7/c1-12(19(26)28-5)18(25)13-6-7-15(22)16(8-13)29-17(11-24)14-9-23(10-14)20(27)30-21(2,3)4/h6-8,12,14,17-18,24-25H,9-11H2,1-5H3/t12-,17-,18+/m0/s1. The summed E-state index contributed by atoms with van der Waals surface area (Å²) in [6.07, 6.45) is -1.94. The van der Waals surface area contributed by atoms with Gasteiger partial charge in [0.05, 0.1) is 29.3 Å². The molecule has 0 spiro atoms. The quantitative estimate of drug-likeness (QED) is 0.409. The third-order valence-electron chi connectivity index (χ3n) is 4.89. The average Bonchev–Trinajstić information content (AvgIpc) is 2.64. The molecule has 9 heteroatoms. The summed E-state index contributed by atoms with van der Waals surface area (Å²) in [5.41, 5.74) is -0.0441. The van der Waals surface area contributed by atoms with Gasteiger partial charge in [-0.1, -0.05) is 6.07 Å². The molecule has 1 aliphatic rings. The summed E-state index contributed by atoms with van der Waals surface area (Å²) >= 11 is 2.11. The Balaban J connectivity index is 2.04. The number of halogens is 1. The molecule has 1 aromatic carbocycles. The van der Waals surface area contributed by atoms with Crippen LogP contribution in [-0.4, -0.2) is 65.7 Å². The lowest BCUT2D eigenvalue weighted by atomic mass is 9.94. The fraction of sp³-hybridized carbons (Fsp3) is 0.619. The van der Waals surface area contributed by atoms with Gasteiger partial charge in [0, 0.05) is 19.0 Å². The van der Waals surface area contributed by atoms with Crippen LogP contribution in [0.25, 0.3) is 0 Å². The largest absolute Gasteiger partial charge is 0.486 e. The van der Waals surface area contributed by atoms with E-state index in [-0.39, 0.29) is 18.6 Å². The van der Waals surface area contributed by atoms with E-state index in [1.165, 1.54) is 7.11 Å². The predicted molar refractivity (Wildman–Crippen MR) is 118 cm³/mol. The van der Waals surface area contributed by atoms with E-state index in [0.29, 0.717) is 24.4 Å². The molecule has 1 aromatic rings. The number of esters is 1. The molecule has 0 unspecified atom stereocenters. The van der Waals surface area contributed by atoms with Gasteiger partial charge in [0.15, 0.2) is 0 Å². The molecule has 1 saturated heterocycles. The highest BCUT2D eigenvalue weighted by Gasteiger charge is 2.39. The van der Waals surface area contributed by atoms with Crippen LogP contribution in [0.15, 0.2) is 18.2 Å². The third-order valence-corrected chi connectivity index (χ3v) is 5.78. The van der Waals surface area contributed by atoms with Crippen LogP contribution in [0, 0.1) is 15.4 Å². The minimum absolute atomic E-state index is 0.0408. The van der Waals surface area contributed by atoms with Crippen LogP contribution in [-0.2, 0) is 14.3 Å². The molecule has 3 atom stereocenters. The number of nitrogens with zero attached hydrogens (tertiary/aromatic N) is 1. The van der Waals surface area contributed by atoms with Crippen molar-refractivity contribution in [2.24, 2.45) is 11.8 Å². The zero-order valence-electron chi connectivity index (χ0n) is 17.9. The van der Waals surface area contributed by atoms with Crippen LogP contribution in [0.1, 0.15) is 39.4 Å². The zero-order valence-corrected chi connectivity index (χ0v) is 20.1. The topological polar surface area (TPSA) is 106 Å². The van der Waals surface area contributed by atoms with Crippen molar-refractivity contribution >= 4 is 34.7 Å². The molecule has 8 nitrogen and oxygen atoms in total. The molecule has 1 fully saturated rings. The SMILES string of the molecule is COC(=O)[C@@H](C)[C@@H](O)c1ccc(I)c(O[C@@H](CO)C2CN(C(=O)OC(C)(C)C)C2)c1. The van der Waals surface area contributed by atoms with Crippen molar-refractivity contribution in [3.63, 3.8) is 0 Å². The van der Waals surface area contributed by atoms with Crippen molar-refractivity contribution in [3.8, 4) is 5.75 Å². The molecule has 168 valence electrons. The Morgan fingerprint density at radius 1 is 1.30 bits per heavy atom. The van der Waals surface area contributed by atoms with Crippen molar-refractivity contribution in [3.05, 3.63) is 27.3 Å². The van der Waals surface area contributed by atoms with Gasteiger partial charge in [-0.25, -0.2) is 4.79 Å². The predicted octanol–water partition coefficient (Wildman–Crippen LogP) is 2.74. The molecule has 0 radical (unpaired) electrons. The summed E-state index contributed by atoms with van der Waals surface area (Å²) in [5.74, 6) is -0.779. The van der Waals surface area contributed by atoms with Crippen LogP contribution in [0.5, 0.6) is 5.75 Å². The van der Waals surface area contributed by atoms with Crippen molar-refractivity contribution in [1.29, 1.82) is 0 Å². The Hall–Kier alpha value is -1.59. The lowest BCUT2D eigenvalue weighted by molar-refractivity contribution is -0.148. The summed E-state index contributed by atoms with van der Waals surface area (Å²) in [7, 11) is 1.28. The van der Waals surface area contributed by atoms with E-state index in [9.17, 15) is 19.8 Å². The Kier molecular flexibility index (Phi) is 8.35. The highest BCUT2D eigenvalue weighted by Crippen LogP contribution is 2.32. The molecule has 1 aliphatic heterocycles. The molecule has 2 N–H and O–H groups in total. The monoisotopic (exact) mass is 535 g/mol. The van der Waals surface area contributed by atoms with Crippen LogP contribution >= 0.6 is 22.6 Å². The number of hydrogen-bond acceptors (Lipinski definition) is 7. The van der Waals surface area contributed by atoms with Gasteiger partial charge in [0.1, 0.15) is 17.5 Å². The van der Waals surface area contributed by atoms with E-state index < -0.39 is 29.7 Å². The van der Waals surface area contributed by atoms with Gasteiger partial charge in [0.25, 0.3) is 0 Å². The number of ether oxygens (including phenoxy) is 3. The number of likely N-dealkylation sites (tertiary alicyclic amines) is 1. The van der Waals surface area contributed by atoms with Gasteiger partial charge in [-0.2, -0.15) is 0 Å². The molecule has 0 bridgehead atoms. The van der Waals surface area contributed by atoms with Crippen molar-refractivity contribution in [2.45, 2.75) is 45.5 Å². The first-order chi connectivity index (χ1) is 14.0. The van der Waals surface area contributed by atoms with Crippen LogP contribution in [0.4, 0.5) is 4.79 Å². The highest BCUT2D eigenvalue weighted by atomic mass is 127. The molecule has 30 heavy (non-hydrogen) atoms. The maximum atomic E-state index is 12.1. The Morgan fingerprint density at radius 3 is 2.47 bits per heavy atom. The third kappa shape index (κ3) is 6.21. The lowest BCUT2D eigenvalue weighted by Gasteiger charge is -2.42. The lowest BCUT2D eigenvalue weighted by Crippen LogP contribution is -2.57. The maximum Gasteiger partial charge on any atom is 0.410 e. The van der Waals surface area contributed by atoms with Crippen LogP contribution in [0.2, 0.25) is 0 Å². The zero-order chi connectivity index (χ0) is 22.6.